The Bertz CT molecular complexity index is 1650. The van der Waals surface area contributed by atoms with Crippen LogP contribution in [0.25, 0.3) is 0 Å². The average molecular weight is 797 g/mol. The number of hydrogen-bond acceptors (Lipinski definition) is 11. The molecule has 16 heteroatoms. The van der Waals surface area contributed by atoms with Crippen molar-refractivity contribution in [2.75, 3.05) is 46.2 Å². The van der Waals surface area contributed by atoms with E-state index < -0.39 is 54.2 Å². The van der Waals surface area contributed by atoms with Crippen LogP contribution >= 0.6 is 0 Å². The molecule has 1 aliphatic heterocycles. The number of aryl methyl sites for hydroxylation is 1. The molecule has 3 rings (SSSR count). The highest BCUT2D eigenvalue weighted by molar-refractivity contribution is 5.95. The number of ether oxygens (including phenoxy) is 2. The third-order valence-electron chi connectivity index (χ3n) is 11.0. The van der Waals surface area contributed by atoms with Gasteiger partial charge in [-0.2, -0.15) is 0 Å². The van der Waals surface area contributed by atoms with Crippen molar-refractivity contribution in [3.63, 3.8) is 0 Å². The van der Waals surface area contributed by atoms with Crippen LogP contribution in [0.5, 0.6) is 0 Å². The fraction of sp³-hybridized carbons (Fsp3) is 0.634. The van der Waals surface area contributed by atoms with Gasteiger partial charge in [0.05, 0.1) is 47.9 Å². The predicted molar refractivity (Wildman–Crippen MR) is 216 cm³/mol. The van der Waals surface area contributed by atoms with Gasteiger partial charge < -0.3 is 46.1 Å². The van der Waals surface area contributed by atoms with Crippen LogP contribution in [-0.2, 0) is 35.1 Å². The summed E-state index contributed by atoms with van der Waals surface area (Å²) >= 11 is 0. The number of nitrogens with two attached hydrogens (primary N) is 1. The highest BCUT2D eigenvalue weighted by atomic mass is 16.5. The van der Waals surface area contributed by atoms with E-state index >= 15 is 0 Å². The molecule has 0 unspecified atom stereocenters. The van der Waals surface area contributed by atoms with Gasteiger partial charge in [0.15, 0.2) is 0 Å². The van der Waals surface area contributed by atoms with E-state index in [-0.39, 0.29) is 48.3 Å². The number of nitrogens with one attached hydrogen (secondary N) is 3. The first-order chi connectivity index (χ1) is 27.1. The van der Waals surface area contributed by atoms with Crippen LogP contribution in [0.1, 0.15) is 81.9 Å². The zero-order chi connectivity index (χ0) is 42.4. The molecule has 1 saturated heterocycles. The van der Waals surface area contributed by atoms with Gasteiger partial charge in [0.2, 0.25) is 23.7 Å². The van der Waals surface area contributed by atoms with E-state index in [1.807, 2.05) is 58.0 Å². The predicted octanol–water partition coefficient (Wildman–Crippen LogP) is 2.64. The van der Waals surface area contributed by atoms with Gasteiger partial charge in [-0.05, 0) is 37.2 Å². The largest absolute Gasteiger partial charge is 0.480 e. The van der Waals surface area contributed by atoms with Crippen LogP contribution < -0.4 is 21.7 Å². The van der Waals surface area contributed by atoms with Crippen LogP contribution in [0.2, 0.25) is 0 Å². The minimum absolute atomic E-state index is 0.0232. The van der Waals surface area contributed by atoms with Crippen molar-refractivity contribution < 1.29 is 38.6 Å². The number of rotatable bonds is 22. The Balaban J connectivity index is 1.78. The number of likely N-dealkylation sites (N-methyl/N-ethyl adjacent to an activating group) is 1. The molecule has 0 saturated carbocycles. The lowest BCUT2D eigenvalue weighted by Gasteiger charge is -2.40. The van der Waals surface area contributed by atoms with Gasteiger partial charge >= 0.3 is 5.97 Å². The normalized spacial score (nSPS) is 17.8. The number of likely N-dealkylation sites (tertiary alicyclic amines) is 1. The Labute approximate surface area is 337 Å². The lowest BCUT2D eigenvalue weighted by molar-refractivity contribution is -0.147. The molecule has 0 aliphatic carbocycles. The summed E-state index contributed by atoms with van der Waals surface area (Å²) in [6.07, 6.45) is 2.15. The lowest BCUT2D eigenvalue weighted by atomic mass is 9.89. The number of aromatic nitrogens is 2. The second-order valence-electron chi connectivity index (χ2n) is 15.3. The Morgan fingerprint density at radius 3 is 2.32 bits per heavy atom. The summed E-state index contributed by atoms with van der Waals surface area (Å²) in [6.45, 7) is 12.3. The van der Waals surface area contributed by atoms with Crippen molar-refractivity contribution in [2.24, 2.45) is 23.5 Å². The summed E-state index contributed by atoms with van der Waals surface area (Å²) in [7, 11) is 4.74. The third-order valence-corrected chi connectivity index (χ3v) is 11.0. The van der Waals surface area contributed by atoms with Crippen LogP contribution in [-0.4, -0.2) is 132 Å². The molecular weight excluding hydrogens is 732 g/mol. The first-order valence-corrected chi connectivity index (χ1v) is 19.9. The molecule has 2 aromatic rings. The second kappa shape index (κ2) is 22.3. The first kappa shape index (κ1) is 46.7. The Hall–Kier alpha value is -4.67. The average Bonchev–Trinajstić information content (AvgIpc) is 3.68. The molecule has 6 N–H and O–H groups in total. The van der Waals surface area contributed by atoms with E-state index in [9.17, 15) is 29.1 Å². The summed E-state index contributed by atoms with van der Waals surface area (Å²) in [4.78, 5) is 78.8. The Kier molecular flexibility index (Phi) is 18.3. The van der Waals surface area contributed by atoms with Crippen molar-refractivity contribution in [3.05, 3.63) is 53.3 Å². The SMILES string of the molecule is CC[C@H](C)[C@@H]([C@@H](CC(=O)N1CCC[C@H]1[C@H](OC)[C@@H](C)C(=O)N[C@@H](Cc1ccccc1)C(=O)O)OC)N(C)C(=O)[C@@H](Nc1ncc(C(=O)NCCN)c(C)n1)C(C)C. The zero-order valence-corrected chi connectivity index (χ0v) is 35.0. The van der Waals surface area contributed by atoms with Gasteiger partial charge in [-0.1, -0.05) is 71.4 Å². The molecule has 1 aliphatic rings. The topological polar surface area (TPSA) is 218 Å². The zero-order valence-electron chi connectivity index (χ0n) is 35.0. The Morgan fingerprint density at radius 1 is 1.07 bits per heavy atom. The van der Waals surface area contributed by atoms with Gasteiger partial charge in [-0.25, -0.2) is 14.8 Å². The minimum atomic E-state index is -1.14. The molecule has 1 fully saturated rings. The van der Waals surface area contributed by atoms with Crippen molar-refractivity contribution in [3.8, 4) is 0 Å². The number of carbonyl (C=O) groups excluding carboxylic acids is 4. The van der Waals surface area contributed by atoms with Gasteiger partial charge in [0.25, 0.3) is 5.91 Å². The van der Waals surface area contributed by atoms with Crippen LogP contribution in [0.15, 0.2) is 36.5 Å². The van der Waals surface area contributed by atoms with Gasteiger partial charge in [-0.15, -0.1) is 0 Å². The summed E-state index contributed by atoms with van der Waals surface area (Å²) < 4.78 is 11.9. The van der Waals surface area contributed by atoms with Crippen LogP contribution in [0.3, 0.4) is 0 Å². The number of aliphatic carboxylic acids is 1. The van der Waals surface area contributed by atoms with Gasteiger partial charge in [0.1, 0.15) is 12.1 Å². The fourth-order valence-electron chi connectivity index (χ4n) is 7.57. The number of hydrogen-bond donors (Lipinski definition) is 5. The molecule has 2 heterocycles. The molecule has 0 radical (unpaired) electrons. The monoisotopic (exact) mass is 796 g/mol. The maximum absolute atomic E-state index is 14.3. The number of carboxylic acid groups (broad SMARTS) is 1. The lowest BCUT2D eigenvalue weighted by Crippen LogP contribution is -2.56. The maximum atomic E-state index is 14.3. The molecule has 316 valence electrons. The molecular formula is C41H64N8O8. The van der Waals surface area contributed by atoms with Crippen molar-refractivity contribution >= 4 is 35.5 Å². The van der Waals surface area contributed by atoms with Gasteiger partial charge in [-0.3, -0.25) is 19.2 Å². The first-order valence-electron chi connectivity index (χ1n) is 19.9. The molecule has 1 aromatic carbocycles. The molecule has 16 nitrogen and oxygen atoms in total. The quantitative estimate of drug-likeness (QED) is 0.116. The van der Waals surface area contributed by atoms with E-state index in [4.69, 9.17) is 15.2 Å². The number of carboxylic acids is 1. The molecule has 8 atom stereocenters. The summed E-state index contributed by atoms with van der Waals surface area (Å²) in [6, 6.07) is 6.28. The molecule has 57 heavy (non-hydrogen) atoms. The van der Waals surface area contributed by atoms with E-state index in [1.54, 1.807) is 30.7 Å². The van der Waals surface area contributed by atoms with Crippen molar-refractivity contribution in [2.45, 2.75) is 110 Å². The number of nitrogens with zero attached hydrogens (tertiary/aromatic N) is 4. The molecule has 1 aromatic heterocycles. The van der Waals surface area contributed by atoms with E-state index in [0.29, 0.717) is 50.2 Å². The number of methoxy groups -OCH3 is 2. The van der Waals surface area contributed by atoms with Gasteiger partial charge in [0, 0.05) is 53.5 Å². The summed E-state index contributed by atoms with van der Waals surface area (Å²) in [5, 5.41) is 18.5. The van der Waals surface area contributed by atoms with Crippen molar-refractivity contribution in [1.29, 1.82) is 0 Å². The molecule has 4 amide bonds. The summed E-state index contributed by atoms with van der Waals surface area (Å²) in [5.41, 5.74) is 7.04. The van der Waals surface area contributed by atoms with Crippen LogP contribution in [0.4, 0.5) is 5.95 Å². The number of anilines is 1. The highest BCUT2D eigenvalue weighted by Crippen LogP contribution is 2.30. The second-order valence-corrected chi connectivity index (χ2v) is 15.3. The van der Waals surface area contributed by atoms with Crippen LogP contribution in [0, 0.1) is 24.7 Å². The third kappa shape index (κ3) is 12.4. The summed E-state index contributed by atoms with van der Waals surface area (Å²) in [5.74, 6) is -3.19. The fourth-order valence-corrected chi connectivity index (χ4v) is 7.57. The smallest absolute Gasteiger partial charge is 0.326 e. The van der Waals surface area contributed by atoms with E-state index in [1.165, 1.54) is 20.4 Å². The number of carbonyl (C=O) groups is 5. The minimum Gasteiger partial charge on any atom is -0.480 e. The number of benzene rings is 1. The maximum Gasteiger partial charge on any atom is 0.326 e. The molecule has 0 bridgehead atoms. The standard InChI is InChI=1S/C41H64N8O8/c1-10-25(4)35(48(7)39(53)34(24(2)3)47-41-44-23-29(27(6)45-41)38(52)43-19-18-42)32(56-8)22-33(50)49-20-14-17-31(49)36(57-9)26(5)37(51)46-30(40(54)55)21-28-15-12-11-13-16-28/h11-13,15-16,23-26,30-32,34-36H,10,14,17-22,42H2,1-9H3,(H,43,52)(H,46,51)(H,54,55)(H,44,45,47)/t25-,26+,30-,31-,32+,34-,35-,36+/m0/s1. The molecule has 0 spiro atoms. The van der Waals surface area contributed by atoms with Crippen molar-refractivity contribution in [1.82, 2.24) is 30.4 Å². The highest BCUT2D eigenvalue weighted by Gasteiger charge is 2.43. The van der Waals surface area contributed by atoms with E-state index in [2.05, 4.69) is 25.9 Å². The Morgan fingerprint density at radius 2 is 1.75 bits per heavy atom. The number of amides is 4. The van der Waals surface area contributed by atoms with E-state index in [0.717, 1.165) is 5.56 Å².